The first kappa shape index (κ1) is 43.5. The van der Waals surface area contributed by atoms with Crippen molar-refractivity contribution < 1.29 is 39.9 Å². The fourth-order valence-electron chi connectivity index (χ4n) is 8.79. The van der Waals surface area contributed by atoms with Crippen molar-refractivity contribution in [2.45, 2.75) is 119 Å². The number of H-pyrrole nitrogens is 1. The quantitative estimate of drug-likeness (QED) is 0.0492. The number of nitrogens with two attached hydrogens (primary N) is 2. The minimum absolute atomic E-state index is 0.00940. The van der Waals surface area contributed by atoms with Crippen LogP contribution in [0.2, 0.25) is 0 Å². The zero-order valence-corrected chi connectivity index (χ0v) is 32.5. The normalized spacial score (nSPS) is 22.3. The summed E-state index contributed by atoms with van der Waals surface area (Å²) in [5.74, 6) is -0.423. The molecule has 12 N–H and O–H groups in total. The Morgan fingerprint density at radius 3 is 2.56 bits per heavy atom. The van der Waals surface area contributed by atoms with Gasteiger partial charge in [0.15, 0.2) is 5.96 Å². The van der Waals surface area contributed by atoms with Crippen molar-refractivity contribution in [1.29, 1.82) is 0 Å². The summed E-state index contributed by atoms with van der Waals surface area (Å²) in [7, 11) is 0. The van der Waals surface area contributed by atoms with Crippen molar-refractivity contribution in [3.05, 3.63) is 77.0 Å². The van der Waals surface area contributed by atoms with Crippen LogP contribution in [-0.4, -0.2) is 105 Å². The van der Waals surface area contributed by atoms with Crippen LogP contribution < -0.4 is 22.1 Å². The van der Waals surface area contributed by atoms with Gasteiger partial charge in [-0.3, -0.25) is 0 Å². The number of hydrogen-bond donors (Lipinski definition) is 10. The lowest BCUT2D eigenvalue weighted by Crippen LogP contribution is -2.56. The molecule has 9 atom stereocenters. The molecule has 0 bridgehead atoms. The number of aryl methyl sites for hydroxylation is 1. The number of carbonyl (C=O) groups is 3. The number of carbonyl (C=O) groups excluding carboxylic acids is 2. The molecule has 14 nitrogen and oxygen atoms in total. The molecule has 5 rings (SSSR count). The number of fused-ring (bicyclic) bond motifs is 2. The SMILES string of the molecule is NC1=NC(C(=CC(=O)O)C(CC2CCc3cc4ccc(CC=O)cc4cc3C2CCCC(N)CCC(C=O)CCCO)Nc2ccc[nH]2)CC(C(O)C(O)CO)N1. The van der Waals surface area contributed by atoms with Gasteiger partial charge in [0, 0.05) is 37.3 Å². The van der Waals surface area contributed by atoms with Crippen molar-refractivity contribution in [2.24, 2.45) is 28.3 Å². The van der Waals surface area contributed by atoms with Gasteiger partial charge in [0.05, 0.1) is 24.7 Å². The number of aliphatic imine (C=N–C) groups is 1. The van der Waals surface area contributed by atoms with Crippen LogP contribution in [-0.2, 0) is 27.2 Å². The standard InChI is InChI=1S/C43H60N6O8/c44-32(13-9-27(24-52)4-3-16-50)5-1-6-33-30(12-11-29-19-28-10-8-26(14-17-51)18-31(28)20-34(29)33)21-36(47-40-7-2-15-46-40)35(22-41(55)56)37-23-38(49-43(45)48-37)42(57)39(54)25-53/h2,7-8,10,15,17-20,22,24,27,30,32-33,36-39,42,46-47,50,53-54,57H,1,3-6,9,11-14,16,21,23,25,44H2,(H,55,56)(H3,45,48,49). The van der Waals surface area contributed by atoms with Crippen LogP contribution >= 0.6 is 0 Å². The van der Waals surface area contributed by atoms with E-state index in [2.05, 4.69) is 44.9 Å². The summed E-state index contributed by atoms with van der Waals surface area (Å²) in [5.41, 5.74) is 16.7. The summed E-state index contributed by atoms with van der Waals surface area (Å²) in [6, 6.07) is 12.2. The van der Waals surface area contributed by atoms with Crippen LogP contribution in [0.15, 0.2) is 65.3 Å². The van der Waals surface area contributed by atoms with Crippen LogP contribution in [0.4, 0.5) is 5.82 Å². The second-order valence-corrected chi connectivity index (χ2v) is 15.8. The largest absolute Gasteiger partial charge is 0.478 e. The number of aliphatic hydroxyl groups is 4. The van der Waals surface area contributed by atoms with E-state index in [-0.39, 0.29) is 42.8 Å². The predicted octanol–water partition coefficient (Wildman–Crippen LogP) is 3.06. The third-order valence-corrected chi connectivity index (χ3v) is 11.8. The number of rotatable bonds is 23. The number of hydrogen-bond acceptors (Lipinski definition) is 12. The Labute approximate surface area is 333 Å². The molecule has 1 aliphatic carbocycles. The van der Waals surface area contributed by atoms with Crippen molar-refractivity contribution in [3.8, 4) is 0 Å². The third-order valence-electron chi connectivity index (χ3n) is 11.8. The van der Waals surface area contributed by atoms with Crippen LogP contribution in [0.25, 0.3) is 10.8 Å². The number of nitrogens with one attached hydrogen (secondary N) is 3. The molecular weight excluding hydrogens is 729 g/mol. The van der Waals surface area contributed by atoms with Crippen LogP contribution in [0.3, 0.4) is 0 Å². The first-order valence-corrected chi connectivity index (χ1v) is 20.2. The minimum Gasteiger partial charge on any atom is -0.478 e. The van der Waals surface area contributed by atoms with Gasteiger partial charge in [0.2, 0.25) is 0 Å². The lowest BCUT2D eigenvalue weighted by Gasteiger charge is -2.39. The Bertz CT molecular complexity index is 1830. The molecule has 2 aliphatic rings. The number of aliphatic carboxylic acids is 1. The van der Waals surface area contributed by atoms with Gasteiger partial charge in [-0.2, -0.15) is 0 Å². The average molecular weight is 789 g/mol. The fourth-order valence-corrected chi connectivity index (χ4v) is 8.79. The van der Waals surface area contributed by atoms with Crippen molar-refractivity contribution >= 4 is 41.1 Å². The lowest BCUT2D eigenvalue weighted by atomic mass is 9.69. The molecule has 2 aromatic carbocycles. The number of carboxylic acid groups (broad SMARTS) is 1. The van der Waals surface area contributed by atoms with Gasteiger partial charge >= 0.3 is 5.97 Å². The summed E-state index contributed by atoms with van der Waals surface area (Å²) in [6.45, 7) is -0.608. The third kappa shape index (κ3) is 12.0. The summed E-state index contributed by atoms with van der Waals surface area (Å²) in [6.07, 6.45) is 9.69. The second-order valence-electron chi connectivity index (χ2n) is 15.8. The van der Waals surface area contributed by atoms with Crippen molar-refractivity contribution in [1.82, 2.24) is 10.3 Å². The Balaban J connectivity index is 1.47. The van der Waals surface area contributed by atoms with E-state index >= 15 is 0 Å². The molecule has 0 amide bonds. The number of aromatic nitrogens is 1. The molecule has 9 unspecified atom stereocenters. The highest BCUT2D eigenvalue weighted by molar-refractivity contribution is 5.86. The molecule has 0 saturated heterocycles. The summed E-state index contributed by atoms with van der Waals surface area (Å²) in [5, 5.41) is 58.7. The Morgan fingerprint density at radius 2 is 1.86 bits per heavy atom. The van der Waals surface area contributed by atoms with Gasteiger partial charge in [-0.15, -0.1) is 0 Å². The first-order valence-electron chi connectivity index (χ1n) is 20.2. The van der Waals surface area contributed by atoms with E-state index in [9.17, 15) is 39.9 Å². The zero-order chi connectivity index (χ0) is 40.9. The number of benzene rings is 2. The monoisotopic (exact) mass is 788 g/mol. The second kappa shape index (κ2) is 21.2. The highest BCUT2D eigenvalue weighted by Gasteiger charge is 2.38. The predicted molar refractivity (Wildman–Crippen MR) is 220 cm³/mol. The van der Waals surface area contributed by atoms with Crippen LogP contribution in [0.5, 0.6) is 0 Å². The number of anilines is 1. The molecular formula is C43H60N6O8. The summed E-state index contributed by atoms with van der Waals surface area (Å²) >= 11 is 0. The smallest absolute Gasteiger partial charge is 0.328 e. The summed E-state index contributed by atoms with van der Waals surface area (Å²) < 4.78 is 0. The van der Waals surface area contributed by atoms with Gasteiger partial charge in [0.1, 0.15) is 30.6 Å². The van der Waals surface area contributed by atoms with Crippen molar-refractivity contribution in [3.63, 3.8) is 0 Å². The zero-order valence-electron chi connectivity index (χ0n) is 32.5. The first-order chi connectivity index (χ1) is 27.5. The number of aldehydes is 2. The van der Waals surface area contributed by atoms with Gasteiger partial charge < -0.3 is 62.2 Å². The molecule has 0 radical (unpaired) electrons. The highest BCUT2D eigenvalue weighted by atomic mass is 16.4. The van der Waals surface area contributed by atoms with E-state index in [0.717, 1.165) is 61.0 Å². The highest BCUT2D eigenvalue weighted by Crippen LogP contribution is 2.45. The minimum atomic E-state index is -1.44. The number of carboxylic acids is 1. The van der Waals surface area contributed by atoms with E-state index in [1.54, 1.807) is 6.20 Å². The van der Waals surface area contributed by atoms with E-state index in [1.165, 1.54) is 17.2 Å². The molecule has 1 aliphatic heterocycles. The molecule has 14 heteroatoms. The van der Waals surface area contributed by atoms with Crippen LogP contribution in [0.1, 0.15) is 86.8 Å². The maximum Gasteiger partial charge on any atom is 0.328 e. The molecule has 0 spiro atoms. The van der Waals surface area contributed by atoms with Gasteiger partial charge in [-0.25, -0.2) is 9.79 Å². The molecule has 310 valence electrons. The topological polar surface area (TPSA) is 257 Å². The number of nitrogens with zero attached hydrogens (tertiary/aromatic N) is 1. The maximum absolute atomic E-state index is 12.5. The van der Waals surface area contributed by atoms with Gasteiger partial charge in [0.25, 0.3) is 0 Å². The maximum atomic E-state index is 12.5. The van der Waals surface area contributed by atoms with E-state index in [4.69, 9.17) is 11.5 Å². The Kier molecular flexibility index (Phi) is 16.2. The molecule has 0 saturated carbocycles. The van der Waals surface area contributed by atoms with Crippen LogP contribution in [0, 0.1) is 11.8 Å². The van der Waals surface area contributed by atoms with Crippen molar-refractivity contribution in [2.75, 3.05) is 18.5 Å². The van der Waals surface area contributed by atoms with Gasteiger partial charge in [-0.05, 0) is 121 Å². The number of aromatic amines is 1. The molecule has 0 fully saturated rings. The Morgan fingerprint density at radius 1 is 1.04 bits per heavy atom. The van der Waals surface area contributed by atoms with E-state index in [1.807, 2.05) is 18.2 Å². The summed E-state index contributed by atoms with van der Waals surface area (Å²) in [4.78, 5) is 43.3. The lowest BCUT2D eigenvalue weighted by molar-refractivity contribution is -0.131. The Hall–Kier alpha value is -4.60. The fraction of sp³-hybridized carbons (Fsp3) is 0.535. The van der Waals surface area contributed by atoms with Gasteiger partial charge in [-0.1, -0.05) is 36.8 Å². The average Bonchev–Trinajstić information content (AvgIpc) is 3.72. The molecule has 57 heavy (non-hydrogen) atoms. The number of aliphatic hydroxyl groups excluding tert-OH is 4. The molecule has 2 heterocycles. The molecule has 1 aromatic heterocycles. The molecule has 3 aromatic rings. The number of guanidine groups is 1. The van der Waals surface area contributed by atoms with E-state index < -0.39 is 42.9 Å². The van der Waals surface area contributed by atoms with E-state index in [0.29, 0.717) is 49.9 Å².